The lowest BCUT2D eigenvalue weighted by atomic mass is 10.0. The number of aromatic nitrogens is 2. The van der Waals surface area contributed by atoms with Crippen molar-refractivity contribution in [2.75, 3.05) is 6.61 Å². The normalized spacial score (nSPS) is 11.2. The van der Waals surface area contributed by atoms with Gasteiger partial charge >= 0.3 is 0 Å². The van der Waals surface area contributed by atoms with Crippen LogP contribution < -0.4 is 10.1 Å². The molecule has 34 heavy (non-hydrogen) atoms. The van der Waals surface area contributed by atoms with Crippen LogP contribution in [0.1, 0.15) is 53.5 Å². The predicted molar refractivity (Wildman–Crippen MR) is 133 cm³/mol. The zero-order chi connectivity index (χ0) is 24.1. The molecule has 1 amide bonds. The van der Waals surface area contributed by atoms with Crippen molar-refractivity contribution in [1.29, 1.82) is 0 Å². The van der Waals surface area contributed by atoms with E-state index >= 15 is 0 Å². The van der Waals surface area contributed by atoms with Gasteiger partial charge < -0.3 is 14.6 Å². The van der Waals surface area contributed by atoms with Gasteiger partial charge in [0.2, 0.25) is 0 Å². The number of nitrogens with one attached hydrogen (secondary N) is 1. The molecule has 0 aliphatic heterocycles. The topological polar surface area (TPSA) is 56.1 Å². The van der Waals surface area contributed by atoms with Crippen molar-refractivity contribution < 1.29 is 13.9 Å². The summed E-state index contributed by atoms with van der Waals surface area (Å²) in [6.07, 6.45) is 0.778. The highest BCUT2D eigenvalue weighted by atomic mass is 19.1. The maximum atomic E-state index is 14.0. The Labute approximate surface area is 199 Å². The third kappa shape index (κ3) is 5.28. The summed E-state index contributed by atoms with van der Waals surface area (Å²) in [5.74, 6) is 1.05. The van der Waals surface area contributed by atoms with Gasteiger partial charge in [-0.2, -0.15) is 0 Å². The SMILES string of the molecule is Cc1ccc(C(C)C)c(OCCCn2c(CNC(=O)c3ccccc3F)nc3ccccc32)c1. The minimum absolute atomic E-state index is 0.0256. The van der Waals surface area contributed by atoms with Gasteiger partial charge in [-0.05, 0) is 60.7 Å². The summed E-state index contributed by atoms with van der Waals surface area (Å²) in [4.78, 5) is 17.2. The number of imidazole rings is 1. The van der Waals surface area contributed by atoms with E-state index in [-0.39, 0.29) is 12.1 Å². The predicted octanol–water partition coefficient (Wildman–Crippen LogP) is 6.01. The Hall–Kier alpha value is -3.67. The molecule has 176 valence electrons. The van der Waals surface area contributed by atoms with Crippen molar-refractivity contribution in [3.8, 4) is 5.75 Å². The van der Waals surface area contributed by atoms with Crippen LogP contribution in [0.3, 0.4) is 0 Å². The molecule has 6 heteroatoms. The molecule has 1 heterocycles. The van der Waals surface area contributed by atoms with Gasteiger partial charge in [0.25, 0.3) is 5.91 Å². The lowest BCUT2D eigenvalue weighted by Gasteiger charge is -2.15. The molecule has 5 nitrogen and oxygen atoms in total. The number of amides is 1. The number of benzene rings is 3. The molecule has 4 rings (SSSR count). The van der Waals surface area contributed by atoms with Crippen LogP contribution in [0.4, 0.5) is 4.39 Å². The van der Waals surface area contributed by atoms with E-state index in [4.69, 9.17) is 9.72 Å². The summed E-state index contributed by atoms with van der Waals surface area (Å²) in [5.41, 5.74) is 4.26. The minimum atomic E-state index is -0.539. The summed E-state index contributed by atoms with van der Waals surface area (Å²) in [6, 6.07) is 20.2. The molecule has 3 aromatic carbocycles. The molecule has 0 aliphatic rings. The molecule has 4 aromatic rings. The van der Waals surface area contributed by atoms with Gasteiger partial charge in [0.1, 0.15) is 17.4 Å². The van der Waals surface area contributed by atoms with E-state index in [1.807, 2.05) is 24.3 Å². The number of fused-ring (bicyclic) bond motifs is 1. The zero-order valence-corrected chi connectivity index (χ0v) is 19.8. The van der Waals surface area contributed by atoms with E-state index in [1.54, 1.807) is 12.1 Å². The fourth-order valence-corrected chi connectivity index (χ4v) is 4.06. The number of hydrogen-bond donors (Lipinski definition) is 1. The average Bonchev–Trinajstić information content (AvgIpc) is 3.18. The number of aryl methyl sites for hydroxylation is 2. The second-order valence-corrected chi connectivity index (χ2v) is 8.73. The summed E-state index contributed by atoms with van der Waals surface area (Å²) < 4.78 is 22.2. The van der Waals surface area contributed by atoms with Crippen molar-refractivity contribution in [3.05, 3.63) is 95.1 Å². The van der Waals surface area contributed by atoms with Crippen LogP contribution in [-0.2, 0) is 13.1 Å². The van der Waals surface area contributed by atoms with Crippen LogP contribution in [0.2, 0.25) is 0 Å². The molecule has 0 unspecified atom stereocenters. The van der Waals surface area contributed by atoms with Crippen LogP contribution in [0.25, 0.3) is 11.0 Å². The molecule has 0 saturated heterocycles. The molecule has 0 bridgehead atoms. The number of halogens is 1. The van der Waals surface area contributed by atoms with Crippen LogP contribution in [0.15, 0.2) is 66.7 Å². The Morgan fingerprint density at radius 3 is 2.65 bits per heavy atom. The maximum absolute atomic E-state index is 14.0. The van der Waals surface area contributed by atoms with Crippen molar-refractivity contribution in [3.63, 3.8) is 0 Å². The largest absolute Gasteiger partial charge is 0.493 e. The Morgan fingerprint density at radius 1 is 1.09 bits per heavy atom. The monoisotopic (exact) mass is 459 g/mol. The average molecular weight is 460 g/mol. The quantitative estimate of drug-likeness (QED) is 0.312. The van der Waals surface area contributed by atoms with Gasteiger partial charge in [-0.25, -0.2) is 9.37 Å². The number of carbonyl (C=O) groups is 1. The number of ether oxygens (including phenoxy) is 1. The molecule has 1 N–H and O–H groups in total. The standard InChI is InChI=1S/C28H30FN3O2/c1-19(2)21-14-13-20(3)17-26(21)34-16-8-15-32-25-12-7-6-11-24(25)31-27(32)18-30-28(33)22-9-4-5-10-23(22)29/h4-7,9-14,17,19H,8,15-16,18H2,1-3H3,(H,30,33). The Morgan fingerprint density at radius 2 is 1.85 bits per heavy atom. The Balaban J connectivity index is 1.45. The number of nitrogens with zero attached hydrogens (tertiary/aromatic N) is 2. The van der Waals surface area contributed by atoms with Crippen molar-refractivity contribution in [2.45, 2.75) is 46.2 Å². The third-order valence-electron chi connectivity index (χ3n) is 5.83. The van der Waals surface area contributed by atoms with Crippen LogP contribution in [0, 0.1) is 12.7 Å². The van der Waals surface area contributed by atoms with Crippen molar-refractivity contribution in [2.24, 2.45) is 0 Å². The second kappa shape index (κ2) is 10.5. The lowest BCUT2D eigenvalue weighted by Crippen LogP contribution is -2.25. The number of para-hydroxylation sites is 2. The highest BCUT2D eigenvalue weighted by Crippen LogP contribution is 2.27. The van der Waals surface area contributed by atoms with E-state index in [2.05, 4.69) is 48.9 Å². The highest BCUT2D eigenvalue weighted by Gasteiger charge is 2.15. The first-order valence-electron chi connectivity index (χ1n) is 11.6. The fraction of sp³-hybridized carbons (Fsp3) is 0.286. The second-order valence-electron chi connectivity index (χ2n) is 8.73. The number of hydrogen-bond acceptors (Lipinski definition) is 3. The molecule has 1 aromatic heterocycles. The Kier molecular flexibility index (Phi) is 7.26. The van der Waals surface area contributed by atoms with E-state index in [1.165, 1.54) is 23.3 Å². The maximum Gasteiger partial charge on any atom is 0.254 e. The van der Waals surface area contributed by atoms with Crippen molar-refractivity contribution in [1.82, 2.24) is 14.9 Å². The van der Waals surface area contributed by atoms with Gasteiger partial charge in [-0.1, -0.05) is 50.2 Å². The molecule has 0 atom stereocenters. The number of carbonyl (C=O) groups excluding carboxylic acids is 1. The molecular weight excluding hydrogens is 429 g/mol. The van der Waals surface area contributed by atoms with Crippen molar-refractivity contribution >= 4 is 16.9 Å². The third-order valence-corrected chi connectivity index (χ3v) is 5.83. The summed E-state index contributed by atoms with van der Waals surface area (Å²) in [7, 11) is 0. The summed E-state index contributed by atoms with van der Waals surface area (Å²) in [6.45, 7) is 7.85. The van der Waals surface area contributed by atoms with Crippen LogP contribution in [0.5, 0.6) is 5.75 Å². The number of rotatable bonds is 9. The smallest absolute Gasteiger partial charge is 0.254 e. The first-order valence-corrected chi connectivity index (χ1v) is 11.6. The molecule has 0 radical (unpaired) electrons. The first-order chi connectivity index (χ1) is 16.4. The van der Waals surface area contributed by atoms with E-state index in [0.717, 1.165) is 29.0 Å². The lowest BCUT2D eigenvalue weighted by molar-refractivity contribution is 0.0945. The molecular formula is C28H30FN3O2. The van der Waals surface area contributed by atoms with Crippen LogP contribution >= 0.6 is 0 Å². The van der Waals surface area contributed by atoms with E-state index in [9.17, 15) is 9.18 Å². The highest BCUT2D eigenvalue weighted by molar-refractivity contribution is 5.94. The van der Waals surface area contributed by atoms with Gasteiger partial charge in [-0.3, -0.25) is 4.79 Å². The van der Waals surface area contributed by atoms with Gasteiger partial charge in [0.05, 0.1) is 29.7 Å². The summed E-state index contributed by atoms with van der Waals surface area (Å²) in [5, 5.41) is 2.81. The zero-order valence-electron chi connectivity index (χ0n) is 19.8. The Bertz CT molecular complexity index is 1300. The van der Waals surface area contributed by atoms with E-state index in [0.29, 0.717) is 19.1 Å². The van der Waals surface area contributed by atoms with Gasteiger partial charge in [0, 0.05) is 6.54 Å². The molecule has 0 fully saturated rings. The van der Waals surface area contributed by atoms with Crippen LogP contribution in [-0.4, -0.2) is 22.1 Å². The molecule has 0 spiro atoms. The fourth-order valence-electron chi connectivity index (χ4n) is 4.06. The van der Waals surface area contributed by atoms with Gasteiger partial charge in [0.15, 0.2) is 0 Å². The summed E-state index contributed by atoms with van der Waals surface area (Å²) >= 11 is 0. The van der Waals surface area contributed by atoms with Gasteiger partial charge in [-0.15, -0.1) is 0 Å². The molecule has 0 saturated carbocycles. The van der Waals surface area contributed by atoms with E-state index < -0.39 is 11.7 Å². The first kappa shape index (κ1) is 23.5. The molecule has 0 aliphatic carbocycles. The minimum Gasteiger partial charge on any atom is -0.493 e.